The third-order valence-corrected chi connectivity index (χ3v) is 4.92. The van der Waals surface area contributed by atoms with Crippen molar-refractivity contribution in [3.05, 3.63) is 53.7 Å². The van der Waals surface area contributed by atoms with Crippen molar-refractivity contribution < 1.29 is 22.8 Å². The van der Waals surface area contributed by atoms with E-state index in [2.05, 4.69) is 16.0 Å². The largest absolute Gasteiger partial charge is 0.394 e. The minimum absolute atomic E-state index is 0.0217. The second-order valence-corrected chi connectivity index (χ2v) is 8.58. The molecule has 0 aromatic heterocycles. The van der Waals surface area contributed by atoms with Crippen LogP contribution in [0.1, 0.15) is 58.4 Å². The number of carbonyl (C=O) groups is 2. The van der Waals surface area contributed by atoms with Gasteiger partial charge in [-0.1, -0.05) is 55.8 Å². The average molecular weight is 468 g/mol. The van der Waals surface area contributed by atoms with Crippen LogP contribution in [0.25, 0.3) is 5.57 Å². The van der Waals surface area contributed by atoms with Crippen molar-refractivity contribution >= 4 is 17.4 Å². The van der Waals surface area contributed by atoms with Gasteiger partial charge in [-0.15, -0.1) is 0 Å². The molecular formula is C25H36F3N3O2. The lowest BCUT2D eigenvalue weighted by Crippen LogP contribution is -2.39. The highest BCUT2D eigenvalue weighted by atomic mass is 19.4. The Morgan fingerprint density at radius 1 is 1.06 bits per heavy atom. The van der Waals surface area contributed by atoms with Crippen molar-refractivity contribution in [3.8, 4) is 0 Å². The third kappa shape index (κ3) is 13.4. The van der Waals surface area contributed by atoms with Crippen molar-refractivity contribution in [1.82, 2.24) is 16.0 Å². The summed E-state index contributed by atoms with van der Waals surface area (Å²) < 4.78 is 37.1. The first kappa shape index (κ1) is 28.3. The standard InChI is InChI=1S/C25H36F3N3O2/c1-18(2)10-11-23(32)31-22(14-21(17-29-4)20-8-6-5-7-9-20)15-24(33)30-16-19(3)12-13-25(26,27)28/h5-9,12,17-18,22,29H,10-11,13-16H2,1-4H3,(H,30,33)(H,31,32)/b19-12+,21-17-. The zero-order valence-electron chi connectivity index (χ0n) is 19.9. The van der Waals surface area contributed by atoms with Crippen LogP contribution >= 0.6 is 0 Å². The number of benzene rings is 1. The number of nitrogens with one attached hydrogen (secondary N) is 3. The molecule has 1 aromatic rings. The van der Waals surface area contributed by atoms with Crippen LogP contribution in [0.15, 0.2) is 48.2 Å². The van der Waals surface area contributed by atoms with Crippen LogP contribution in [0, 0.1) is 5.92 Å². The molecular weight excluding hydrogens is 431 g/mol. The van der Waals surface area contributed by atoms with Crippen LogP contribution in [0.3, 0.4) is 0 Å². The molecule has 0 spiro atoms. The molecule has 2 amide bonds. The van der Waals surface area contributed by atoms with Gasteiger partial charge in [0, 0.05) is 38.7 Å². The fourth-order valence-electron chi connectivity index (χ4n) is 3.14. The zero-order valence-corrected chi connectivity index (χ0v) is 19.9. The van der Waals surface area contributed by atoms with Crippen LogP contribution in [-0.4, -0.2) is 37.6 Å². The summed E-state index contributed by atoms with van der Waals surface area (Å²) in [6.07, 6.45) is -0.846. The molecule has 1 aromatic carbocycles. The molecule has 0 saturated heterocycles. The van der Waals surface area contributed by atoms with Gasteiger partial charge in [0.05, 0.1) is 6.42 Å². The number of amides is 2. The van der Waals surface area contributed by atoms with E-state index in [1.807, 2.05) is 50.4 Å². The summed E-state index contributed by atoms with van der Waals surface area (Å²) in [7, 11) is 1.78. The van der Waals surface area contributed by atoms with Crippen molar-refractivity contribution in [2.24, 2.45) is 5.92 Å². The number of hydrogen-bond donors (Lipinski definition) is 3. The van der Waals surface area contributed by atoms with E-state index < -0.39 is 18.6 Å². The van der Waals surface area contributed by atoms with Crippen LogP contribution in [0.5, 0.6) is 0 Å². The maximum absolute atomic E-state index is 12.5. The predicted octanol–water partition coefficient (Wildman–Crippen LogP) is 4.96. The first-order valence-corrected chi connectivity index (χ1v) is 11.2. The normalized spacial score (nSPS) is 13.6. The summed E-state index contributed by atoms with van der Waals surface area (Å²) in [5, 5.41) is 8.63. The fourth-order valence-corrected chi connectivity index (χ4v) is 3.14. The quantitative estimate of drug-likeness (QED) is 0.359. The van der Waals surface area contributed by atoms with Crippen LogP contribution in [-0.2, 0) is 9.59 Å². The molecule has 3 N–H and O–H groups in total. The molecule has 0 saturated carbocycles. The molecule has 1 atom stereocenters. The fraction of sp³-hybridized carbons (Fsp3) is 0.520. The topological polar surface area (TPSA) is 70.2 Å². The predicted molar refractivity (Wildman–Crippen MR) is 126 cm³/mol. The van der Waals surface area contributed by atoms with E-state index in [9.17, 15) is 22.8 Å². The lowest BCUT2D eigenvalue weighted by Gasteiger charge is -2.21. The molecule has 1 unspecified atom stereocenters. The van der Waals surface area contributed by atoms with Gasteiger partial charge in [-0.25, -0.2) is 0 Å². The molecule has 0 fully saturated rings. The third-order valence-electron chi connectivity index (χ3n) is 4.92. The van der Waals surface area contributed by atoms with Crippen molar-refractivity contribution in [2.75, 3.05) is 13.6 Å². The molecule has 33 heavy (non-hydrogen) atoms. The first-order valence-electron chi connectivity index (χ1n) is 11.2. The molecule has 0 heterocycles. The van der Waals surface area contributed by atoms with Crippen LogP contribution in [0.4, 0.5) is 13.2 Å². The highest BCUT2D eigenvalue weighted by molar-refractivity contribution is 5.80. The Morgan fingerprint density at radius 3 is 2.30 bits per heavy atom. The minimum Gasteiger partial charge on any atom is -0.394 e. The molecule has 0 aliphatic heterocycles. The number of halogens is 3. The van der Waals surface area contributed by atoms with Gasteiger partial charge in [0.15, 0.2) is 0 Å². The highest BCUT2D eigenvalue weighted by Crippen LogP contribution is 2.22. The lowest BCUT2D eigenvalue weighted by molar-refractivity contribution is -0.125. The van der Waals surface area contributed by atoms with Crippen LogP contribution in [0.2, 0.25) is 0 Å². The molecule has 5 nitrogen and oxygen atoms in total. The second-order valence-electron chi connectivity index (χ2n) is 8.58. The van der Waals surface area contributed by atoms with E-state index in [1.165, 1.54) is 0 Å². The molecule has 0 aliphatic carbocycles. The SMILES string of the molecule is CN/C=C(/CC(CC(=O)NC/C(C)=C/CC(F)(F)F)NC(=O)CCC(C)C)c1ccccc1. The Bertz CT molecular complexity index is 803. The van der Waals surface area contributed by atoms with E-state index in [-0.39, 0.29) is 24.8 Å². The number of carbonyl (C=O) groups excluding carboxylic acids is 2. The molecule has 0 bridgehead atoms. The summed E-state index contributed by atoms with van der Waals surface area (Å²) in [4.78, 5) is 25.0. The van der Waals surface area contributed by atoms with Gasteiger partial charge in [-0.05, 0) is 36.8 Å². The summed E-state index contributed by atoms with van der Waals surface area (Å²) in [6.45, 7) is 5.65. The van der Waals surface area contributed by atoms with Gasteiger partial charge in [0.1, 0.15) is 0 Å². The van der Waals surface area contributed by atoms with Gasteiger partial charge in [0.2, 0.25) is 11.8 Å². The molecule has 184 valence electrons. The maximum Gasteiger partial charge on any atom is 0.392 e. The molecule has 1 rings (SSSR count). The van der Waals surface area contributed by atoms with Gasteiger partial charge >= 0.3 is 6.18 Å². The smallest absolute Gasteiger partial charge is 0.392 e. The molecule has 0 aliphatic rings. The van der Waals surface area contributed by atoms with E-state index in [1.54, 1.807) is 14.0 Å². The Morgan fingerprint density at radius 2 is 1.73 bits per heavy atom. The van der Waals surface area contributed by atoms with Crippen molar-refractivity contribution in [2.45, 2.75) is 65.1 Å². The van der Waals surface area contributed by atoms with Crippen molar-refractivity contribution in [3.63, 3.8) is 0 Å². The number of rotatable bonds is 13. The highest BCUT2D eigenvalue weighted by Gasteiger charge is 2.25. The average Bonchev–Trinajstić information content (AvgIpc) is 2.74. The Kier molecular flexibility index (Phi) is 12.3. The summed E-state index contributed by atoms with van der Waals surface area (Å²) >= 11 is 0. The lowest BCUT2D eigenvalue weighted by atomic mass is 9.97. The summed E-state index contributed by atoms with van der Waals surface area (Å²) in [5.41, 5.74) is 2.33. The van der Waals surface area contributed by atoms with Gasteiger partial charge in [-0.2, -0.15) is 13.2 Å². The van der Waals surface area contributed by atoms with Crippen LogP contribution < -0.4 is 16.0 Å². The van der Waals surface area contributed by atoms with E-state index in [0.717, 1.165) is 23.6 Å². The van der Waals surface area contributed by atoms with E-state index in [4.69, 9.17) is 0 Å². The summed E-state index contributed by atoms with van der Waals surface area (Å²) in [5.74, 6) is -0.0755. The van der Waals surface area contributed by atoms with E-state index in [0.29, 0.717) is 24.3 Å². The Hall–Kier alpha value is -2.77. The maximum atomic E-state index is 12.5. The number of hydrogen-bond acceptors (Lipinski definition) is 3. The Labute approximate surface area is 194 Å². The number of allylic oxidation sites excluding steroid dienone is 1. The molecule has 0 radical (unpaired) electrons. The minimum atomic E-state index is -4.27. The number of alkyl halides is 3. The second kappa shape index (κ2) is 14.4. The zero-order chi connectivity index (χ0) is 24.9. The first-order chi connectivity index (χ1) is 15.5. The van der Waals surface area contributed by atoms with Crippen molar-refractivity contribution in [1.29, 1.82) is 0 Å². The monoisotopic (exact) mass is 467 g/mol. The van der Waals surface area contributed by atoms with E-state index >= 15 is 0 Å². The Balaban J connectivity index is 2.85. The van der Waals surface area contributed by atoms with Gasteiger partial charge in [0.25, 0.3) is 0 Å². The summed E-state index contributed by atoms with van der Waals surface area (Å²) in [6, 6.07) is 9.19. The molecule has 8 heteroatoms. The van der Waals surface area contributed by atoms with Gasteiger partial charge in [-0.3, -0.25) is 9.59 Å². The van der Waals surface area contributed by atoms with Gasteiger partial charge < -0.3 is 16.0 Å².